The van der Waals surface area contributed by atoms with Crippen molar-refractivity contribution >= 4 is 11.7 Å². The molecule has 2 N–H and O–H groups in total. The van der Waals surface area contributed by atoms with Gasteiger partial charge in [0.25, 0.3) is 0 Å². The van der Waals surface area contributed by atoms with Gasteiger partial charge in [0.15, 0.2) is 0 Å². The van der Waals surface area contributed by atoms with Crippen LogP contribution in [0.1, 0.15) is 22.8 Å². The minimum atomic E-state index is -1.25. The van der Waals surface area contributed by atoms with E-state index in [1.54, 1.807) is 6.07 Å². The van der Waals surface area contributed by atoms with Crippen molar-refractivity contribution < 1.29 is 44.2 Å². The molecule has 0 heterocycles. The van der Waals surface area contributed by atoms with Crippen molar-refractivity contribution in [3.05, 3.63) is 23.3 Å². The minimum Gasteiger partial charge on any atom is -0.545 e. The Kier molecular flexibility index (Phi) is 5.72. The van der Waals surface area contributed by atoms with E-state index in [0.717, 1.165) is 0 Å². The zero-order valence-corrected chi connectivity index (χ0v) is 11.2. The number of anilines is 1. The summed E-state index contributed by atoms with van der Waals surface area (Å²) in [5.74, 6) is -0.689. The molecule has 0 aliphatic heterocycles. The Balaban J connectivity index is 0.00000196. The van der Waals surface area contributed by atoms with Crippen molar-refractivity contribution in [2.24, 2.45) is 0 Å². The number of nitrogens with two attached hydrogens (primary N) is 1. The van der Waals surface area contributed by atoms with Crippen LogP contribution in [0.4, 0.5) is 5.69 Å². The summed E-state index contributed by atoms with van der Waals surface area (Å²) in [5.41, 5.74) is 6.45. The fraction of sp³-hybridized carbons (Fsp3) is 0.300. The number of aromatic carboxylic acids is 1. The standard InChI is InChI=1S/C10H13NO3.Na/c1-3-6-4-7(14-2)5-8(11)9(6)10(12)13;/h4-5H,3,11H2,1-2H3,(H,12,13);/q;+1/p-1. The van der Waals surface area contributed by atoms with Crippen LogP contribution in [0.2, 0.25) is 0 Å². The van der Waals surface area contributed by atoms with Crippen molar-refractivity contribution in [1.29, 1.82) is 0 Å². The zero-order valence-electron chi connectivity index (χ0n) is 9.16. The number of ether oxygens (including phenoxy) is 1. The summed E-state index contributed by atoms with van der Waals surface area (Å²) < 4.78 is 4.98. The summed E-state index contributed by atoms with van der Waals surface area (Å²) in [6.45, 7) is 1.85. The quantitative estimate of drug-likeness (QED) is 0.438. The predicted octanol–water partition coefficient (Wildman–Crippen LogP) is -2.79. The zero-order chi connectivity index (χ0) is 10.7. The third-order valence-corrected chi connectivity index (χ3v) is 2.04. The molecule has 0 aliphatic rings. The van der Waals surface area contributed by atoms with Crippen molar-refractivity contribution in [3.8, 4) is 5.75 Å². The summed E-state index contributed by atoms with van der Waals surface area (Å²) in [6.07, 6.45) is 0.574. The van der Waals surface area contributed by atoms with Crippen LogP contribution in [0.3, 0.4) is 0 Å². The summed E-state index contributed by atoms with van der Waals surface area (Å²) in [5, 5.41) is 10.8. The van der Waals surface area contributed by atoms with Crippen LogP contribution in [0.5, 0.6) is 5.75 Å². The first-order valence-electron chi connectivity index (χ1n) is 4.27. The number of carboxylic acid groups (broad SMARTS) is 1. The Bertz CT molecular complexity index is 366. The molecule has 0 aromatic heterocycles. The van der Waals surface area contributed by atoms with Gasteiger partial charge in [-0.25, -0.2) is 0 Å². The first-order chi connectivity index (χ1) is 6.60. The third-order valence-electron chi connectivity index (χ3n) is 2.04. The fourth-order valence-corrected chi connectivity index (χ4v) is 1.34. The fourth-order valence-electron chi connectivity index (χ4n) is 1.34. The van der Waals surface area contributed by atoms with Crippen LogP contribution in [-0.2, 0) is 6.42 Å². The van der Waals surface area contributed by atoms with Crippen LogP contribution >= 0.6 is 0 Å². The molecule has 0 unspecified atom stereocenters. The van der Waals surface area contributed by atoms with Gasteiger partial charge in [-0.1, -0.05) is 6.92 Å². The van der Waals surface area contributed by atoms with Gasteiger partial charge >= 0.3 is 29.6 Å². The van der Waals surface area contributed by atoms with E-state index in [1.165, 1.54) is 13.2 Å². The first kappa shape index (κ1) is 14.3. The van der Waals surface area contributed by atoms with Gasteiger partial charge in [0.05, 0.1) is 13.1 Å². The molecule has 4 nitrogen and oxygen atoms in total. The number of hydrogen-bond acceptors (Lipinski definition) is 4. The molecule has 0 atom stereocenters. The molecule has 15 heavy (non-hydrogen) atoms. The van der Waals surface area contributed by atoms with Crippen LogP contribution in [-0.4, -0.2) is 13.1 Å². The molecule has 0 bridgehead atoms. The van der Waals surface area contributed by atoms with Gasteiger partial charge in [-0.3, -0.25) is 0 Å². The molecule has 0 fully saturated rings. The Morgan fingerprint density at radius 2 is 2.13 bits per heavy atom. The third kappa shape index (κ3) is 3.12. The SMILES string of the molecule is CCc1cc(OC)cc(N)c1C(=O)[O-].[Na+]. The summed E-state index contributed by atoms with van der Waals surface area (Å²) in [6, 6.07) is 3.13. The number of benzene rings is 1. The molecular weight excluding hydrogens is 205 g/mol. The second-order valence-electron chi connectivity index (χ2n) is 2.89. The molecule has 0 radical (unpaired) electrons. The maximum absolute atomic E-state index is 10.8. The van der Waals surface area contributed by atoms with Crippen molar-refractivity contribution in [2.75, 3.05) is 12.8 Å². The van der Waals surface area contributed by atoms with Crippen LogP contribution in [0.25, 0.3) is 0 Å². The van der Waals surface area contributed by atoms with Gasteiger partial charge in [-0.05, 0) is 18.1 Å². The average Bonchev–Trinajstić information content (AvgIpc) is 2.15. The van der Waals surface area contributed by atoms with Gasteiger partial charge in [-0.2, -0.15) is 0 Å². The summed E-state index contributed by atoms with van der Waals surface area (Å²) >= 11 is 0. The number of rotatable bonds is 3. The Labute approximate surface area is 111 Å². The molecule has 0 amide bonds. The number of carbonyl (C=O) groups is 1. The minimum absolute atomic E-state index is 0. The maximum Gasteiger partial charge on any atom is 1.00 e. The van der Waals surface area contributed by atoms with Crippen molar-refractivity contribution in [2.45, 2.75) is 13.3 Å². The predicted molar refractivity (Wildman–Crippen MR) is 51.1 cm³/mol. The molecule has 0 saturated carbocycles. The number of nitrogen functional groups attached to an aromatic ring is 1. The molecular formula is C10H12NNaO3. The van der Waals surface area contributed by atoms with Crippen LogP contribution in [0, 0.1) is 0 Å². The Morgan fingerprint density at radius 1 is 1.53 bits per heavy atom. The van der Waals surface area contributed by atoms with Gasteiger partial charge in [0.1, 0.15) is 5.75 Å². The van der Waals surface area contributed by atoms with Crippen LogP contribution < -0.4 is 45.1 Å². The number of methoxy groups -OCH3 is 1. The molecule has 0 saturated heterocycles. The molecule has 1 rings (SSSR count). The smallest absolute Gasteiger partial charge is 0.545 e. The second-order valence-corrected chi connectivity index (χ2v) is 2.89. The second kappa shape index (κ2) is 6.00. The average molecular weight is 217 g/mol. The largest absolute Gasteiger partial charge is 1.00 e. The van der Waals surface area contributed by atoms with Crippen molar-refractivity contribution in [1.82, 2.24) is 0 Å². The number of hydrogen-bond donors (Lipinski definition) is 1. The molecule has 0 aliphatic carbocycles. The van der Waals surface area contributed by atoms with E-state index in [2.05, 4.69) is 0 Å². The van der Waals surface area contributed by atoms with E-state index in [-0.39, 0.29) is 40.8 Å². The van der Waals surface area contributed by atoms with E-state index >= 15 is 0 Å². The molecule has 1 aromatic carbocycles. The number of carbonyl (C=O) groups excluding carboxylic acids is 1. The van der Waals surface area contributed by atoms with Gasteiger partial charge in [-0.15, -0.1) is 0 Å². The maximum atomic E-state index is 10.8. The molecule has 1 aromatic rings. The molecule has 76 valence electrons. The van der Waals surface area contributed by atoms with E-state index in [4.69, 9.17) is 10.5 Å². The van der Waals surface area contributed by atoms with Crippen molar-refractivity contribution in [3.63, 3.8) is 0 Å². The van der Waals surface area contributed by atoms with Gasteiger partial charge < -0.3 is 20.4 Å². The van der Waals surface area contributed by atoms with E-state index in [0.29, 0.717) is 17.7 Å². The Morgan fingerprint density at radius 3 is 2.53 bits per heavy atom. The molecule has 0 spiro atoms. The number of aryl methyl sites for hydroxylation is 1. The van der Waals surface area contributed by atoms with Gasteiger partial charge in [0.2, 0.25) is 0 Å². The monoisotopic (exact) mass is 217 g/mol. The van der Waals surface area contributed by atoms with Crippen LogP contribution in [0.15, 0.2) is 12.1 Å². The first-order valence-corrected chi connectivity index (χ1v) is 4.27. The summed E-state index contributed by atoms with van der Waals surface area (Å²) in [4.78, 5) is 10.8. The van der Waals surface area contributed by atoms with E-state index in [1.807, 2.05) is 6.92 Å². The summed E-state index contributed by atoms with van der Waals surface area (Å²) in [7, 11) is 1.51. The normalized spacial score (nSPS) is 9.20. The topological polar surface area (TPSA) is 75.4 Å². The molecule has 5 heteroatoms. The van der Waals surface area contributed by atoms with Gasteiger partial charge in [0, 0.05) is 17.3 Å². The number of carboxylic acids is 1. The van der Waals surface area contributed by atoms with E-state index in [9.17, 15) is 9.90 Å². The Hall–Kier alpha value is -0.710. The van der Waals surface area contributed by atoms with E-state index < -0.39 is 5.97 Å².